The lowest BCUT2D eigenvalue weighted by Gasteiger charge is -2.39. The summed E-state index contributed by atoms with van der Waals surface area (Å²) in [5, 5.41) is 6.91. The Hall–Kier alpha value is -2.91. The third kappa shape index (κ3) is 4.00. The molecule has 142 valence electrons. The van der Waals surface area contributed by atoms with Crippen LogP contribution in [-0.4, -0.2) is 11.4 Å². The number of hydrogen-bond acceptors (Lipinski definition) is 2. The second-order valence-electron chi connectivity index (χ2n) is 8.13. The van der Waals surface area contributed by atoms with Crippen molar-refractivity contribution in [2.45, 2.75) is 38.3 Å². The molecule has 2 N–H and O–H groups in total. The summed E-state index contributed by atoms with van der Waals surface area (Å²) in [5.41, 5.74) is 5.62. The maximum absolute atomic E-state index is 12.7. The van der Waals surface area contributed by atoms with Gasteiger partial charge in [0.25, 0.3) is 0 Å². The van der Waals surface area contributed by atoms with E-state index in [1.165, 1.54) is 11.1 Å². The Balaban J connectivity index is 1.64. The lowest BCUT2D eigenvalue weighted by molar-refractivity contribution is -0.115. The van der Waals surface area contributed by atoms with E-state index in [9.17, 15) is 4.79 Å². The lowest BCUT2D eigenvalue weighted by atomic mass is 9.81. The SMILES string of the molecule is CC1(C)Cc2ccccc2C(c2ccccc2NC(=O)Cc2ccccc2)N1. The molecule has 1 aliphatic heterocycles. The van der Waals surface area contributed by atoms with Gasteiger partial charge >= 0.3 is 0 Å². The molecule has 3 aromatic carbocycles. The molecule has 1 atom stereocenters. The van der Waals surface area contributed by atoms with Gasteiger partial charge in [0.05, 0.1) is 12.5 Å². The summed E-state index contributed by atoms with van der Waals surface area (Å²) >= 11 is 0. The maximum atomic E-state index is 12.7. The van der Waals surface area contributed by atoms with Gasteiger partial charge < -0.3 is 10.6 Å². The quantitative estimate of drug-likeness (QED) is 0.687. The number of rotatable bonds is 4. The van der Waals surface area contributed by atoms with E-state index in [-0.39, 0.29) is 17.5 Å². The van der Waals surface area contributed by atoms with E-state index >= 15 is 0 Å². The van der Waals surface area contributed by atoms with Crippen molar-refractivity contribution in [3.8, 4) is 0 Å². The summed E-state index contributed by atoms with van der Waals surface area (Å²) in [6.07, 6.45) is 1.36. The Labute approximate surface area is 166 Å². The highest BCUT2D eigenvalue weighted by Crippen LogP contribution is 2.37. The summed E-state index contributed by atoms with van der Waals surface area (Å²) in [6, 6.07) is 26.6. The van der Waals surface area contributed by atoms with Crippen LogP contribution in [0.25, 0.3) is 0 Å². The van der Waals surface area contributed by atoms with Gasteiger partial charge in [-0.3, -0.25) is 4.79 Å². The summed E-state index contributed by atoms with van der Waals surface area (Å²) in [4.78, 5) is 12.7. The molecule has 28 heavy (non-hydrogen) atoms. The average Bonchev–Trinajstić information content (AvgIpc) is 2.68. The Bertz CT molecular complexity index is 979. The standard InChI is InChI=1S/C25H26N2O/c1-25(2)17-19-12-6-7-13-20(19)24(27-25)21-14-8-9-15-22(21)26-23(28)16-18-10-4-3-5-11-18/h3-15,24,27H,16-17H2,1-2H3,(H,26,28). The summed E-state index contributed by atoms with van der Waals surface area (Å²) in [5.74, 6) is 0.00186. The highest BCUT2D eigenvalue weighted by atomic mass is 16.1. The van der Waals surface area contributed by atoms with Crippen LogP contribution in [0.5, 0.6) is 0 Å². The fraction of sp³-hybridized carbons (Fsp3) is 0.240. The van der Waals surface area contributed by atoms with E-state index in [2.05, 4.69) is 54.8 Å². The van der Waals surface area contributed by atoms with Gasteiger partial charge in [-0.15, -0.1) is 0 Å². The molecule has 1 amide bonds. The largest absolute Gasteiger partial charge is 0.325 e. The number of benzene rings is 3. The van der Waals surface area contributed by atoms with Crippen LogP contribution in [0.15, 0.2) is 78.9 Å². The topological polar surface area (TPSA) is 41.1 Å². The van der Waals surface area contributed by atoms with Crippen LogP contribution in [0.4, 0.5) is 5.69 Å². The van der Waals surface area contributed by atoms with E-state index < -0.39 is 0 Å². The molecule has 0 fully saturated rings. The van der Waals surface area contributed by atoms with Crippen molar-refractivity contribution in [2.24, 2.45) is 0 Å². The van der Waals surface area contributed by atoms with Crippen molar-refractivity contribution >= 4 is 11.6 Å². The van der Waals surface area contributed by atoms with Crippen LogP contribution in [0, 0.1) is 0 Å². The van der Waals surface area contributed by atoms with E-state index in [4.69, 9.17) is 0 Å². The number of amides is 1. The lowest BCUT2D eigenvalue weighted by Crippen LogP contribution is -2.47. The minimum absolute atomic E-state index is 0.00186. The molecule has 0 saturated carbocycles. The van der Waals surface area contributed by atoms with Gasteiger partial charge in [0.1, 0.15) is 0 Å². The first-order valence-corrected chi connectivity index (χ1v) is 9.80. The minimum atomic E-state index is -0.0137. The van der Waals surface area contributed by atoms with Gasteiger partial charge in [0, 0.05) is 11.2 Å². The van der Waals surface area contributed by atoms with Crippen molar-refractivity contribution in [1.82, 2.24) is 5.32 Å². The molecule has 0 aromatic heterocycles. The zero-order valence-corrected chi connectivity index (χ0v) is 16.4. The van der Waals surface area contributed by atoms with Crippen molar-refractivity contribution in [1.29, 1.82) is 0 Å². The number of para-hydroxylation sites is 1. The molecule has 1 unspecified atom stereocenters. The van der Waals surface area contributed by atoms with Crippen molar-refractivity contribution in [3.05, 3.63) is 101 Å². The third-order valence-electron chi connectivity index (χ3n) is 5.29. The number of carbonyl (C=O) groups excluding carboxylic acids is 1. The molecule has 0 spiro atoms. The predicted octanol–water partition coefficient (Wildman–Crippen LogP) is 4.88. The van der Waals surface area contributed by atoms with Gasteiger partial charge in [-0.05, 0) is 48.6 Å². The zero-order valence-electron chi connectivity index (χ0n) is 16.4. The molecule has 0 radical (unpaired) electrons. The van der Waals surface area contributed by atoms with Crippen LogP contribution in [0.2, 0.25) is 0 Å². The molecular weight excluding hydrogens is 344 g/mol. The summed E-state index contributed by atoms with van der Waals surface area (Å²) < 4.78 is 0. The highest BCUT2D eigenvalue weighted by molar-refractivity contribution is 5.93. The third-order valence-corrected chi connectivity index (χ3v) is 5.29. The molecule has 3 nitrogen and oxygen atoms in total. The fourth-order valence-electron chi connectivity index (χ4n) is 4.06. The van der Waals surface area contributed by atoms with Crippen molar-refractivity contribution in [3.63, 3.8) is 0 Å². The Morgan fingerprint density at radius 2 is 1.57 bits per heavy atom. The van der Waals surface area contributed by atoms with Crippen molar-refractivity contribution in [2.75, 3.05) is 5.32 Å². The normalized spacial score (nSPS) is 17.6. The Kier molecular flexibility index (Phi) is 5.01. The fourth-order valence-corrected chi connectivity index (χ4v) is 4.06. The molecule has 4 rings (SSSR count). The van der Waals surface area contributed by atoms with E-state index in [0.29, 0.717) is 6.42 Å². The first-order valence-electron chi connectivity index (χ1n) is 9.80. The van der Waals surface area contributed by atoms with E-state index in [1.54, 1.807) is 0 Å². The summed E-state index contributed by atoms with van der Waals surface area (Å²) in [6.45, 7) is 4.46. The predicted molar refractivity (Wildman–Crippen MR) is 114 cm³/mol. The van der Waals surface area contributed by atoms with Crippen LogP contribution >= 0.6 is 0 Å². The van der Waals surface area contributed by atoms with Crippen LogP contribution in [0.1, 0.15) is 42.1 Å². The first kappa shape index (κ1) is 18.5. The molecule has 3 heteroatoms. The first-order chi connectivity index (χ1) is 13.5. The van der Waals surface area contributed by atoms with Crippen LogP contribution in [-0.2, 0) is 17.6 Å². The van der Waals surface area contributed by atoms with Crippen molar-refractivity contribution < 1.29 is 4.79 Å². The van der Waals surface area contributed by atoms with Gasteiger partial charge in [0.15, 0.2) is 0 Å². The molecule has 3 aromatic rings. The van der Waals surface area contributed by atoms with Gasteiger partial charge in [-0.1, -0.05) is 72.8 Å². The molecule has 0 aliphatic carbocycles. The number of carbonyl (C=O) groups is 1. The summed E-state index contributed by atoms with van der Waals surface area (Å²) in [7, 11) is 0. The zero-order chi connectivity index (χ0) is 19.6. The Morgan fingerprint density at radius 1 is 0.929 bits per heavy atom. The second kappa shape index (κ2) is 7.61. The van der Waals surface area contributed by atoms with Gasteiger partial charge in [-0.25, -0.2) is 0 Å². The maximum Gasteiger partial charge on any atom is 0.228 e. The number of nitrogens with one attached hydrogen (secondary N) is 2. The number of hydrogen-bond donors (Lipinski definition) is 2. The smallest absolute Gasteiger partial charge is 0.228 e. The second-order valence-corrected chi connectivity index (χ2v) is 8.13. The highest BCUT2D eigenvalue weighted by Gasteiger charge is 2.32. The molecular formula is C25H26N2O. The van der Waals surface area contributed by atoms with E-state index in [0.717, 1.165) is 23.2 Å². The number of fused-ring (bicyclic) bond motifs is 1. The van der Waals surface area contributed by atoms with Gasteiger partial charge in [-0.2, -0.15) is 0 Å². The molecule has 0 saturated heterocycles. The number of anilines is 1. The monoisotopic (exact) mass is 370 g/mol. The average molecular weight is 370 g/mol. The van der Waals surface area contributed by atoms with Crippen LogP contribution < -0.4 is 10.6 Å². The minimum Gasteiger partial charge on any atom is -0.325 e. The van der Waals surface area contributed by atoms with Crippen LogP contribution in [0.3, 0.4) is 0 Å². The van der Waals surface area contributed by atoms with E-state index in [1.807, 2.05) is 48.5 Å². The molecule has 1 aliphatic rings. The molecule has 1 heterocycles. The Morgan fingerprint density at radius 3 is 2.36 bits per heavy atom. The van der Waals surface area contributed by atoms with Gasteiger partial charge in [0.2, 0.25) is 5.91 Å². The molecule has 0 bridgehead atoms.